The summed E-state index contributed by atoms with van der Waals surface area (Å²) >= 11 is 0. The van der Waals surface area contributed by atoms with Crippen LogP contribution in [0.1, 0.15) is 0 Å². The number of aromatic nitrogens is 4. The summed E-state index contributed by atoms with van der Waals surface area (Å²) in [6, 6.07) is 4.03. The molecule has 0 bridgehead atoms. The molecular formula is C11H8N6O2. The molecule has 0 unspecified atom stereocenters. The Kier molecular flexibility index (Phi) is 2.53. The Morgan fingerprint density at radius 1 is 1.11 bits per heavy atom. The second kappa shape index (κ2) is 4.33. The lowest BCUT2D eigenvalue weighted by atomic mass is 10.3. The van der Waals surface area contributed by atoms with Crippen molar-refractivity contribution in [3.05, 3.63) is 30.7 Å². The number of azo groups is 1. The van der Waals surface area contributed by atoms with E-state index >= 15 is 0 Å². The van der Waals surface area contributed by atoms with Gasteiger partial charge in [-0.05, 0) is 12.1 Å². The molecule has 1 aromatic carbocycles. The lowest BCUT2D eigenvalue weighted by Gasteiger charge is -1.98. The smallest absolute Gasteiger partial charge is 0.188 e. The number of phenolic OH excluding ortho intramolecular Hbond substituents is 2. The number of hydrogen-bond donors (Lipinski definition) is 3. The molecule has 0 saturated heterocycles. The van der Waals surface area contributed by atoms with Crippen LogP contribution in [-0.2, 0) is 0 Å². The van der Waals surface area contributed by atoms with Crippen LogP contribution in [0.15, 0.2) is 41.0 Å². The third-order valence-corrected chi connectivity index (χ3v) is 2.44. The number of aromatic amines is 1. The largest absolute Gasteiger partial charge is 0.508 e. The van der Waals surface area contributed by atoms with Gasteiger partial charge in [-0.1, -0.05) is 0 Å². The first-order valence-corrected chi connectivity index (χ1v) is 5.32. The van der Waals surface area contributed by atoms with Gasteiger partial charge in [0.2, 0.25) is 0 Å². The van der Waals surface area contributed by atoms with Crippen LogP contribution < -0.4 is 0 Å². The summed E-state index contributed by atoms with van der Waals surface area (Å²) in [7, 11) is 0. The van der Waals surface area contributed by atoms with Gasteiger partial charge in [0.1, 0.15) is 23.5 Å². The van der Waals surface area contributed by atoms with Crippen molar-refractivity contribution in [2.75, 3.05) is 0 Å². The van der Waals surface area contributed by atoms with Crippen LogP contribution in [0.3, 0.4) is 0 Å². The monoisotopic (exact) mass is 256 g/mol. The van der Waals surface area contributed by atoms with Crippen molar-refractivity contribution >= 4 is 22.5 Å². The average Bonchev–Trinajstić information content (AvgIpc) is 2.86. The standard InChI is InChI=1S/C11H8N6O2/c18-6-1-2-8(9(19)3-6)15-17-11-7-4-14-16-10(7)12-5-13-11/h1-5,18-19H,(H,12,13,14,16). The van der Waals surface area contributed by atoms with Crippen molar-refractivity contribution < 1.29 is 10.2 Å². The molecule has 0 saturated carbocycles. The number of H-pyrrole nitrogens is 1. The summed E-state index contributed by atoms with van der Waals surface area (Å²) in [4.78, 5) is 7.95. The Bertz CT molecular complexity index is 767. The fourth-order valence-electron chi connectivity index (χ4n) is 1.53. The highest BCUT2D eigenvalue weighted by molar-refractivity contribution is 5.83. The molecule has 8 heteroatoms. The molecule has 2 heterocycles. The Labute approximate surface area is 106 Å². The summed E-state index contributed by atoms with van der Waals surface area (Å²) in [5, 5.41) is 33.7. The number of aromatic hydroxyl groups is 2. The number of nitrogens with one attached hydrogen (secondary N) is 1. The van der Waals surface area contributed by atoms with E-state index in [9.17, 15) is 10.2 Å². The van der Waals surface area contributed by atoms with Gasteiger partial charge < -0.3 is 10.2 Å². The molecule has 0 radical (unpaired) electrons. The van der Waals surface area contributed by atoms with Crippen LogP contribution in [-0.4, -0.2) is 30.4 Å². The normalized spacial score (nSPS) is 11.4. The van der Waals surface area contributed by atoms with E-state index in [2.05, 4.69) is 30.4 Å². The molecule has 0 fully saturated rings. The van der Waals surface area contributed by atoms with E-state index < -0.39 is 0 Å². The summed E-state index contributed by atoms with van der Waals surface area (Å²) in [6.07, 6.45) is 2.88. The predicted octanol–water partition coefficient (Wildman–Crippen LogP) is 2.18. The van der Waals surface area contributed by atoms with Crippen molar-refractivity contribution in [1.29, 1.82) is 0 Å². The average molecular weight is 256 g/mol. The minimum atomic E-state index is -0.166. The van der Waals surface area contributed by atoms with Gasteiger partial charge in [-0.2, -0.15) is 5.10 Å². The quantitative estimate of drug-likeness (QED) is 0.607. The van der Waals surface area contributed by atoms with Gasteiger partial charge in [0.25, 0.3) is 0 Å². The summed E-state index contributed by atoms with van der Waals surface area (Å²) in [6.45, 7) is 0. The van der Waals surface area contributed by atoms with Gasteiger partial charge in [-0.15, -0.1) is 10.2 Å². The fraction of sp³-hybridized carbons (Fsp3) is 0. The number of rotatable bonds is 2. The maximum atomic E-state index is 9.58. The molecule has 0 spiro atoms. The zero-order valence-electron chi connectivity index (χ0n) is 9.52. The van der Waals surface area contributed by atoms with Gasteiger partial charge >= 0.3 is 0 Å². The topological polar surface area (TPSA) is 120 Å². The van der Waals surface area contributed by atoms with Crippen LogP contribution in [0, 0.1) is 0 Å². The maximum Gasteiger partial charge on any atom is 0.188 e. The van der Waals surface area contributed by atoms with Crippen LogP contribution in [0.2, 0.25) is 0 Å². The SMILES string of the molecule is Oc1ccc(N=Nc2ncnc3[nH]ncc23)c(O)c1. The third-order valence-electron chi connectivity index (χ3n) is 2.44. The Hall–Kier alpha value is -3.03. The van der Waals surface area contributed by atoms with Crippen LogP contribution in [0.5, 0.6) is 11.5 Å². The summed E-state index contributed by atoms with van der Waals surface area (Å²) in [5.41, 5.74) is 0.784. The minimum Gasteiger partial charge on any atom is -0.508 e. The van der Waals surface area contributed by atoms with Crippen molar-refractivity contribution in [3.63, 3.8) is 0 Å². The van der Waals surface area contributed by atoms with Crippen LogP contribution >= 0.6 is 0 Å². The second-order valence-corrected chi connectivity index (χ2v) is 3.70. The van der Waals surface area contributed by atoms with Gasteiger partial charge in [0.05, 0.1) is 11.6 Å². The van der Waals surface area contributed by atoms with E-state index in [-0.39, 0.29) is 17.2 Å². The number of fused-ring (bicyclic) bond motifs is 1. The molecule has 8 nitrogen and oxygen atoms in total. The van der Waals surface area contributed by atoms with Crippen molar-refractivity contribution in [2.24, 2.45) is 10.2 Å². The first-order valence-electron chi connectivity index (χ1n) is 5.32. The number of nitrogens with zero attached hydrogens (tertiary/aromatic N) is 5. The Balaban J connectivity index is 2.00. The molecule has 0 amide bonds. The van der Waals surface area contributed by atoms with Gasteiger partial charge in [-0.3, -0.25) is 5.10 Å². The van der Waals surface area contributed by atoms with E-state index in [0.29, 0.717) is 16.9 Å². The van der Waals surface area contributed by atoms with Crippen LogP contribution in [0.25, 0.3) is 11.0 Å². The molecule has 3 rings (SSSR count). The highest BCUT2D eigenvalue weighted by atomic mass is 16.3. The molecule has 19 heavy (non-hydrogen) atoms. The summed E-state index contributed by atoms with van der Waals surface area (Å²) in [5.74, 6) is 0.128. The van der Waals surface area contributed by atoms with E-state index in [4.69, 9.17) is 0 Å². The molecule has 94 valence electrons. The highest BCUT2D eigenvalue weighted by Crippen LogP contribution is 2.31. The molecule has 2 aromatic heterocycles. The van der Waals surface area contributed by atoms with E-state index in [1.807, 2.05) is 0 Å². The molecule has 0 aliphatic rings. The first kappa shape index (κ1) is 11.1. The second-order valence-electron chi connectivity index (χ2n) is 3.70. The molecular weight excluding hydrogens is 248 g/mol. The minimum absolute atomic E-state index is 0.0456. The lowest BCUT2D eigenvalue weighted by Crippen LogP contribution is -1.79. The van der Waals surface area contributed by atoms with Gasteiger partial charge in [-0.25, -0.2) is 9.97 Å². The van der Waals surface area contributed by atoms with Crippen molar-refractivity contribution in [1.82, 2.24) is 20.2 Å². The molecule has 0 atom stereocenters. The first-order chi connectivity index (χ1) is 9.24. The van der Waals surface area contributed by atoms with Gasteiger partial charge in [0.15, 0.2) is 11.5 Å². The van der Waals surface area contributed by atoms with Crippen molar-refractivity contribution in [2.45, 2.75) is 0 Å². The Morgan fingerprint density at radius 3 is 2.84 bits per heavy atom. The highest BCUT2D eigenvalue weighted by Gasteiger charge is 2.05. The summed E-state index contributed by atoms with van der Waals surface area (Å²) < 4.78 is 0. The number of hydrogen-bond acceptors (Lipinski definition) is 7. The predicted molar refractivity (Wildman–Crippen MR) is 65.6 cm³/mol. The third kappa shape index (κ3) is 2.06. The van der Waals surface area contributed by atoms with Crippen molar-refractivity contribution in [3.8, 4) is 11.5 Å². The number of phenols is 2. The number of benzene rings is 1. The molecule has 0 aliphatic carbocycles. The zero-order valence-corrected chi connectivity index (χ0v) is 9.52. The lowest BCUT2D eigenvalue weighted by molar-refractivity contribution is 0.451. The molecule has 3 N–H and O–H groups in total. The van der Waals surface area contributed by atoms with Crippen LogP contribution in [0.4, 0.5) is 11.5 Å². The zero-order chi connectivity index (χ0) is 13.2. The molecule has 0 aliphatic heterocycles. The van der Waals surface area contributed by atoms with E-state index in [1.54, 1.807) is 6.20 Å². The van der Waals surface area contributed by atoms with E-state index in [0.717, 1.165) is 0 Å². The maximum absolute atomic E-state index is 9.58. The fourth-order valence-corrected chi connectivity index (χ4v) is 1.53. The molecule has 3 aromatic rings. The van der Waals surface area contributed by atoms with Gasteiger partial charge in [0, 0.05) is 6.07 Å². The Morgan fingerprint density at radius 2 is 2.00 bits per heavy atom. The van der Waals surface area contributed by atoms with E-state index in [1.165, 1.54) is 24.5 Å².